The summed E-state index contributed by atoms with van der Waals surface area (Å²) in [6.45, 7) is 11.3. The Kier molecular flexibility index (Phi) is 4.21. The van der Waals surface area contributed by atoms with Crippen LogP contribution in [0.1, 0.15) is 41.5 Å². The summed E-state index contributed by atoms with van der Waals surface area (Å²) in [5.41, 5.74) is -0.758. The number of esters is 1. The molecule has 0 aromatic carbocycles. The van der Waals surface area contributed by atoms with E-state index in [9.17, 15) is 4.79 Å². The third kappa shape index (κ3) is 5.31. The van der Waals surface area contributed by atoms with Crippen molar-refractivity contribution in [1.29, 1.82) is 0 Å². The monoisotopic (exact) mass is 211 g/mol. The van der Waals surface area contributed by atoms with Gasteiger partial charge >= 0.3 is 5.97 Å². The number of carbonyl (C=O) groups is 1. The molecule has 0 fully saturated rings. The van der Waals surface area contributed by atoms with E-state index in [2.05, 4.69) is 11.4 Å². The van der Waals surface area contributed by atoms with Crippen LogP contribution >= 0.6 is 0 Å². The van der Waals surface area contributed by atoms with Gasteiger partial charge in [-0.1, -0.05) is 27.2 Å². The highest BCUT2D eigenvalue weighted by atomic mass is 16.6. The molecule has 86 valence electrons. The van der Waals surface area contributed by atoms with Crippen molar-refractivity contribution in [3.63, 3.8) is 0 Å². The molecule has 0 bridgehead atoms. The van der Waals surface area contributed by atoms with E-state index in [1.807, 2.05) is 41.5 Å². The molecule has 15 heavy (non-hydrogen) atoms. The van der Waals surface area contributed by atoms with Gasteiger partial charge in [0.25, 0.3) is 0 Å². The second kappa shape index (κ2) is 4.57. The third-order valence-corrected chi connectivity index (χ3v) is 1.74. The van der Waals surface area contributed by atoms with Gasteiger partial charge < -0.3 is 10.1 Å². The Morgan fingerprint density at radius 3 is 2.00 bits per heavy atom. The number of hydrogen-bond acceptors (Lipinski definition) is 3. The number of ether oxygens (including phenoxy) is 1. The van der Waals surface area contributed by atoms with Crippen molar-refractivity contribution >= 4 is 5.97 Å². The molecule has 0 heterocycles. The first-order chi connectivity index (χ1) is 6.58. The quantitative estimate of drug-likeness (QED) is 0.431. The zero-order chi connectivity index (χ0) is 12.3. The van der Waals surface area contributed by atoms with E-state index < -0.39 is 11.6 Å². The first kappa shape index (κ1) is 13.8. The van der Waals surface area contributed by atoms with Crippen LogP contribution in [-0.2, 0) is 9.53 Å². The highest BCUT2D eigenvalue weighted by Gasteiger charge is 2.34. The predicted octanol–water partition coefficient (Wildman–Crippen LogP) is 1.92. The van der Waals surface area contributed by atoms with Crippen molar-refractivity contribution < 1.29 is 9.53 Å². The molecule has 0 aromatic heterocycles. The summed E-state index contributed by atoms with van der Waals surface area (Å²) in [5, 5.41) is 2.70. The summed E-state index contributed by atoms with van der Waals surface area (Å²) in [6.07, 6.45) is 5.16. The summed E-state index contributed by atoms with van der Waals surface area (Å²) in [4.78, 5) is 11.8. The van der Waals surface area contributed by atoms with Crippen LogP contribution in [0, 0.1) is 17.9 Å². The summed E-state index contributed by atoms with van der Waals surface area (Å²) >= 11 is 0. The highest BCUT2D eigenvalue weighted by molar-refractivity contribution is 5.77. The minimum absolute atomic E-state index is 0.269. The molecule has 0 saturated heterocycles. The maximum Gasteiger partial charge on any atom is 0.330 e. The van der Waals surface area contributed by atoms with Crippen LogP contribution in [0.15, 0.2) is 0 Å². The summed E-state index contributed by atoms with van der Waals surface area (Å²) in [6, 6.07) is 1.81. The summed E-state index contributed by atoms with van der Waals surface area (Å²) in [7, 11) is 0. The Morgan fingerprint density at radius 1 is 1.27 bits per heavy atom. The molecule has 0 aliphatic heterocycles. The minimum Gasteiger partial charge on any atom is -0.458 e. The Hall–Kier alpha value is -1.17. The number of nitrogens with one attached hydrogen (secondary N) is 1. The van der Waals surface area contributed by atoms with Crippen LogP contribution in [0.3, 0.4) is 0 Å². The van der Waals surface area contributed by atoms with E-state index in [0.29, 0.717) is 0 Å². The first-order valence-electron chi connectivity index (χ1n) is 5.02. The van der Waals surface area contributed by atoms with Gasteiger partial charge in [0, 0.05) is 6.04 Å². The lowest BCUT2D eigenvalue weighted by Crippen LogP contribution is -2.47. The molecule has 0 spiro atoms. The molecule has 0 aliphatic rings. The minimum atomic E-state index is -0.489. The normalized spacial score (nSPS) is 13.9. The molecular formula is C12H21NO2. The van der Waals surface area contributed by atoms with E-state index in [1.54, 1.807) is 0 Å². The van der Waals surface area contributed by atoms with Crippen LogP contribution in [0.5, 0.6) is 0 Å². The lowest BCUT2D eigenvalue weighted by Gasteiger charge is -2.31. The Bertz CT molecular complexity index is 263. The number of terminal acetylenes is 1. The molecule has 0 unspecified atom stereocenters. The summed E-state index contributed by atoms with van der Waals surface area (Å²) < 4.78 is 5.28. The highest BCUT2D eigenvalue weighted by Crippen LogP contribution is 2.22. The largest absolute Gasteiger partial charge is 0.458 e. The van der Waals surface area contributed by atoms with Crippen LogP contribution in [0.25, 0.3) is 0 Å². The van der Waals surface area contributed by atoms with E-state index in [0.717, 1.165) is 0 Å². The van der Waals surface area contributed by atoms with Crippen molar-refractivity contribution in [3.05, 3.63) is 0 Å². The van der Waals surface area contributed by atoms with E-state index in [-0.39, 0.29) is 11.4 Å². The summed E-state index contributed by atoms with van der Waals surface area (Å²) in [5.74, 6) is -0.312. The Balaban J connectivity index is 4.67. The fourth-order valence-corrected chi connectivity index (χ4v) is 1.07. The maximum absolute atomic E-state index is 11.8. The van der Waals surface area contributed by atoms with Crippen molar-refractivity contribution in [2.45, 2.75) is 53.2 Å². The Morgan fingerprint density at radius 2 is 1.73 bits per heavy atom. The number of rotatable bonds is 2. The van der Waals surface area contributed by atoms with Crippen LogP contribution < -0.4 is 5.32 Å². The average Bonchev–Trinajstić information content (AvgIpc) is 1.93. The zero-order valence-corrected chi connectivity index (χ0v) is 10.5. The van der Waals surface area contributed by atoms with Crippen molar-refractivity contribution in [2.75, 3.05) is 0 Å². The Labute approximate surface area is 92.6 Å². The van der Waals surface area contributed by atoms with Gasteiger partial charge in [-0.15, -0.1) is 0 Å². The van der Waals surface area contributed by atoms with Crippen molar-refractivity contribution in [2.24, 2.45) is 5.41 Å². The topological polar surface area (TPSA) is 38.3 Å². The maximum atomic E-state index is 11.8. The average molecular weight is 211 g/mol. The third-order valence-electron chi connectivity index (χ3n) is 1.74. The second-order valence-electron chi connectivity index (χ2n) is 5.62. The molecule has 0 saturated carbocycles. The van der Waals surface area contributed by atoms with E-state index in [4.69, 9.17) is 11.2 Å². The van der Waals surface area contributed by atoms with Gasteiger partial charge in [0.2, 0.25) is 0 Å². The fourth-order valence-electron chi connectivity index (χ4n) is 1.07. The van der Waals surface area contributed by atoms with Gasteiger partial charge in [0.1, 0.15) is 11.6 Å². The number of carbonyl (C=O) groups excluding carboxylic acids is 1. The van der Waals surface area contributed by atoms with Gasteiger partial charge in [0.05, 0.1) is 0 Å². The molecule has 1 N–H and O–H groups in total. The van der Waals surface area contributed by atoms with Crippen molar-refractivity contribution in [1.82, 2.24) is 5.32 Å². The lowest BCUT2D eigenvalue weighted by molar-refractivity contribution is -0.160. The van der Waals surface area contributed by atoms with Crippen LogP contribution in [0.4, 0.5) is 0 Å². The SMILES string of the molecule is C#CN[C@H](C(=O)OC(C)(C)C)C(C)(C)C. The van der Waals surface area contributed by atoms with Gasteiger partial charge in [-0.25, -0.2) is 4.79 Å². The zero-order valence-electron chi connectivity index (χ0n) is 10.5. The van der Waals surface area contributed by atoms with Gasteiger partial charge in [0.15, 0.2) is 0 Å². The molecule has 3 nitrogen and oxygen atoms in total. The molecular weight excluding hydrogens is 190 g/mol. The molecule has 3 heteroatoms. The molecule has 0 amide bonds. The van der Waals surface area contributed by atoms with Crippen LogP contribution in [-0.4, -0.2) is 17.6 Å². The number of hydrogen-bond donors (Lipinski definition) is 1. The second-order valence-corrected chi connectivity index (χ2v) is 5.62. The standard InChI is InChI=1S/C12H21NO2/c1-8-13-9(11(2,3)4)10(14)15-12(5,6)7/h1,9,13H,2-7H3/t9-/m1/s1. The molecule has 0 rings (SSSR count). The van der Waals surface area contributed by atoms with E-state index >= 15 is 0 Å². The molecule has 0 radical (unpaired) electrons. The fraction of sp³-hybridized carbons (Fsp3) is 0.750. The molecule has 0 aliphatic carbocycles. The van der Waals surface area contributed by atoms with Gasteiger partial charge in [-0.3, -0.25) is 0 Å². The molecule has 0 aromatic rings. The van der Waals surface area contributed by atoms with E-state index in [1.165, 1.54) is 0 Å². The predicted molar refractivity (Wildman–Crippen MR) is 61.1 cm³/mol. The smallest absolute Gasteiger partial charge is 0.330 e. The lowest BCUT2D eigenvalue weighted by atomic mass is 9.87. The van der Waals surface area contributed by atoms with Gasteiger partial charge in [-0.2, -0.15) is 0 Å². The van der Waals surface area contributed by atoms with Gasteiger partial charge in [-0.05, 0) is 26.2 Å². The van der Waals surface area contributed by atoms with Crippen molar-refractivity contribution in [3.8, 4) is 12.5 Å². The molecule has 1 atom stereocenters. The first-order valence-corrected chi connectivity index (χ1v) is 5.02. The van der Waals surface area contributed by atoms with Crippen LogP contribution in [0.2, 0.25) is 0 Å².